The predicted octanol–water partition coefficient (Wildman–Crippen LogP) is 6.70. The molecule has 3 aromatic carbocycles. The van der Waals surface area contributed by atoms with Gasteiger partial charge < -0.3 is 10.2 Å². The van der Waals surface area contributed by atoms with E-state index in [0.29, 0.717) is 16.5 Å². The van der Waals surface area contributed by atoms with Crippen molar-refractivity contribution in [3.63, 3.8) is 0 Å². The minimum absolute atomic E-state index is 0.0480. The molecule has 190 valence electrons. The first-order valence-electron chi connectivity index (χ1n) is 11.9. The van der Waals surface area contributed by atoms with E-state index in [1.807, 2.05) is 62.4 Å². The molecule has 0 aliphatic carbocycles. The van der Waals surface area contributed by atoms with Gasteiger partial charge in [0.25, 0.3) is 0 Å². The number of rotatable bonds is 11. The molecule has 1 atom stereocenters. The monoisotopic (exact) mass is 542 g/mol. The molecule has 36 heavy (non-hydrogen) atoms. The number of hydrogen-bond donors (Lipinski definition) is 1. The number of nitrogens with one attached hydrogen (secondary N) is 1. The van der Waals surface area contributed by atoms with Gasteiger partial charge in [0.05, 0.1) is 15.8 Å². The van der Waals surface area contributed by atoms with Crippen LogP contribution >= 0.6 is 35.0 Å². The molecule has 3 aromatic rings. The van der Waals surface area contributed by atoms with Crippen LogP contribution in [0.3, 0.4) is 0 Å². The lowest BCUT2D eigenvalue weighted by atomic mass is 10.0. The van der Waals surface area contributed by atoms with Gasteiger partial charge in [-0.1, -0.05) is 83.9 Å². The van der Waals surface area contributed by atoms with Crippen molar-refractivity contribution in [3.05, 3.63) is 105 Å². The minimum atomic E-state index is -0.671. The summed E-state index contributed by atoms with van der Waals surface area (Å²) in [6.07, 6.45) is 0.412. The van der Waals surface area contributed by atoms with E-state index in [1.54, 1.807) is 28.8 Å². The average molecular weight is 544 g/mol. The summed E-state index contributed by atoms with van der Waals surface area (Å²) >= 11 is 13.9. The SMILES string of the molecule is Cc1ccccc1CSCC(=O)N(Cc1ccc(Cl)c(Cl)c1)[C@@H](Cc1ccccc1)C(=O)NC(C)C. The maximum absolute atomic E-state index is 13.7. The Morgan fingerprint density at radius 3 is 2.28 bits per heavy atom. The third-order valence-electron chi connectivity index (χ3n) is 5.78. The third-order valence-corrected chi connectivity index (χ3v) is 7.49. The van der Waals surface area contributed by atoms with Crippen molar-refractivity contribution in [2.75, 3.05) is 5.75 Å². The van der Waals surface area contributed by atoms with Crippen molar-refractivity contribution in [2.24, 2.45) is 0 Å². The fraction of sp³-hybridized carbons (Fsp3) is 0.310. The molecule has 0 aliphatic heterocycles. The van der Waals surface area contributed by atoms with Gasteiger partial charge in [0.2, 0.25) is 11.8 Å². The maximum Gasteiger partial charge on any atom is 0.243 e. The van der Waals surface area contributed by atoms with Crippen molar-refractivity contribution < 1.29 is 9.59 Å². The Labute approximate surface area is 228 Å². The lowest BCUT2D eigenvalue weighted by molar-refractivity contribution is -0.139. The van der Waals surface area contributed by atoms with Crippen LogP contribution in [0, 0.1) is 6.92 Å². The van der Waals surface area contributed by atoms with Gasteiger partial charge >= 0.3 is 0 Å². The number of halogens is 2. The van der Waals surface area contributed by atoms with Crippen LogP contribution in [0.5, 0.6) is 0 Å². The summed E-state index contributed by atoms with van der Waals surface area (Å²) in [5.41, 5.74) is 4.20. The predicted molar refractivity (Wildman–Crippen MR) is 152 cm³/mol. The normalized spacial score (nSPS) is 11.8. The number of carbonyl (C=O) groups excluding carboxylic acids is 2. The van der Waals surface area contributed by atoms with Gasteiger partial charge in [0.15, 0.2) is 0 Å². The zero-order valence-electron chi connectivity index (χ0n) is 20.8. The summed E-state index contributed by atoms with van der Waals surface area (Å²) < 4.78 is 0. The average Bonchev–Trinajstić information content (AvgIpc) is 2.84. The van der Waals surface area contributed by atoms with Crippen LogP contribution in [0.1, 0.15) is 36.1 Å². The molecule has 0 aliphatic rings. The first-order valence-corrected chi connectivity index (χ1v) is 13.9. The molecular formula is C29H32Cl2N2O2S. The molecule has 4 nitrogen and oxygen atoms in total. The second kappa shape index (κ2) is 13.7. The van der Waals surface area contributed by atoms with Crippen LogP contribution < -0.4 is 5.32 Å². The highest BCUT2D eigenvalue weighted by Gasteiger charge is 2.30. The lowest BCUT2D eigenvalue weighted by Gasteiger charge is -2.32. The number of thioether (sulfide) groups is 1. The smallest absolute Gasteiger partial charge is 0.243 e. The number of hydrogen-bond acceptors (Lipinski definition) is 3. The number of carbonyl (C=O) groups is 2. The van der Waals surface area contributed by atoms with Crippen LogP contribution in [0.15, 0.2) is 72.8 Å². The fourth-order valence-corrected chi connectivity index (χ4v) is 5.18. The minimum Gasteiger partial charge on any atom is -0.352 e. The zero-order chi connectivity index (χ0) is 26.1. The Kier molecular flexibility index (Phi) is 10.7. The first-order chi connectivity index (χ1) is 17.2. The van der Waals surface area contributed by atoms with E-state index in [1.165, 1.54) is 11.1 Å². The molecule has 7 heteroatoms. The van der Waals surface area contributed by atoms with Crippen LogP contribution in [-0.4, -0.2) is 34.6 Å². The Morgan fingerprint density at radius 1 is 0.917 bits per heavy atom. The number of aryl methyl sites for hydroxylation is 1. The topological polar surface area (TPSA) is 49.4 Å². The van der Waals surface area contributed by atoms with Crippen LogP contribution in [0.2, 0.25) is 10.0 Å². The van der Waals surface area contributed by atoms with Gasteiger partial charge in [-0.15, -0.1) is 11.8 Å². The Balaban J connectivity index is 1.88. The third kappa shape index (κ3) is 8.29. The lowest BCUT2D eigenvalue weighted by Crippen LogP contribution is -2.52. The fourth-order valence-electron chi connectivity index (χ4n) is 3.87. The van der Waals surface area contributed by atoms with E-state index < -0.39 is 6.04 Å². The highest BCUT2D eigenvalue weighted by molar-refractivity contribution is 7.99. The second-order valence-electron chi connectivity index (χ2n) is 9.06. The number of benzene rings is 3. The Hall–Kier alpha value is -2.47. The van der Waals surface area contributed by atoms with Crippen LogP contribution in [-0.2, 0) is 28.3 Å². The van der Waals surface area contributed by atoms with Crippen molar-refractivity contribution in [3.8, 4) is 0 Å². The Bertz CT molecular complexity index is 1170. The van der Waals surface area contributed by atoms with Gasteiger partial charge in [-0.2, -0.15) is 0 Å². The molecule has 0 saturated heterocycles. The highest BCUT2D eigenvalue weighted by Crippen LogP contribution is 2.25. The molecule has 0 spiro atoms. The van der Waals surface area contributed by atoms with E-state index in [4.69, 9.17) is 23.2 Å². The molecular weight excluding hydrogens is 511 g/mol. The molecule has 0 fully saturated rings. The molecule has 2 amide bonds. The van der Waals surface area contributed by atoms with Gasteiger partial charge in [-0.25, -0.2) is 0 Å². The van der Waals surface area contributed by atoms with Crippen molar-refractivity contribution in [2.45, 2.75) is 51.6 Å². The van der Waals surface area contributed by atoms with Gasteiger partial charge in [0.1, 0.15) is 6.04 Å². The van der Waals surface area contributed by atoms with Crippen molar-refractivity contribution >= 4 is 46.8 Å². The first kappa shape index (κ1) is 28.1. The Morgan fingerprint density at radius 2 is 1.61 bits per heavy atom. The van der Waals surface area contributed by atoms with Crippen LogP contribution in [0.4, 0.5) is 0 Å². The molecule has 0 heterocycles. The molecule has 3 rings (SSSR count). The second-order valence-corrected chi connectivity index (χ2v) is 10.9. The van der Waals surface area contributed by atoms with Gasteiger partial charge in [-0.05, 0) is 55.2 Å². The zero-order valence-corrected chi connectivity index (χ0v) is 23.2. The van der Waals surface area contributed by atoms with E-state index in [9.17, 15) is 9.59 Å². The van der Waals surface area contributed by atoms with E-state index in [-0.39, 0.29) is 30.2 Å². The largest absolute Gasteiger partial charge is 0.352 e. The van der Waals surface area contributed by atoms with E-state index >= 15 is 0 Å². The summed E-state index contributed by atoms with van der Waals surface area (Å²) in [7, 11) is 0. The standard InChI is InChI=1S/C29H32Cl2N2O2S/c1-20(2)32-29(35)27(16-22-10-5-4-6-11-22)33(17-23-13-14-25(30)26(31)15-23)28(34)19-36-18-24-12-8-7-9-21(24)3/h4-15,20,27H,16-19H2,1-3H3,(H,32,35)/t27-/m0/s1. The van der Waals surface area contributed by atoms with Gasteiger partial charge in [-0.3, -0.25) is 9.59 Å². The van der Waals surface area contributed by atoms with Crippen LogP contribution in [0.25, 0.3) is 0 Å². The van der Waals surface area contributed by atoms with Crippen molar-refractivity contribution in [1.29, 1.82) is 0 Å². The quantitative estimate of drug-likeness (QED) is 0.293. The molecule has 0 bridgehead atoms. The maximum atomic E-state index is 13.7. The summed E-state index contributed by atoms with van der Waals surface area (Å²) in [5, 5.41) is 3.88. The van der Waals surface area contributed by atoms with Gasteiger partial charge in [0, 0.05) is 24.8 Å². The number of amides is 2. The molecule has 1 N–H and O–H groups in total. The molecule has 0 aromatic heterocycles. The number of nitrogens with zero attached hydrogens (tertiary/aromatic N) is 1. The molecule has 0 saturated carbocycles. The summed E-state index contributed by atoms with van der Waals surface area (Å²) in [4.78, 5) is 28.7. The molecule has 0 unspecified atom stereocenters. The van der Waals surface area contributed by atoms with Crippen molar-refractivity contribution in [1.82, 2.24) is 10.2 Å². The van der Waals surface area contributed by atoms with E-state index in [2.05, 4.69) is 24.4 Å². The molecule has 0 radical (unpaired) electrons. The summed E-state index contributed by atoms with van der Waals surface area (Å²) in [6, 6.07) is 22.5. The van der Waals surface area contributed by atoms with E-state index in [0.717, 1.165) is 16.9 Å². The summed E-state index contributed by atoms with van der Waals surface area (Å²) in [5.74, 6) is 0.710. The highest BCUT2D eigenvalue weighted by atomic mass is 35.5. The summed E-state index contributed by atoms with van der Waals surface area (Å²) in [6.45, 7) is 6.16.